The maximum atomic E-state index is 5.05. The fourth-order valence-corrected chi connectivity index (χ4v) is 15.6. The molecular formula is C79H91Cu2N5OP2+2. The van der Waals surface area contributed by atoms with E-state index in [0.29, 0.717) is 35.3 Å². The molecule has 0 bridgehead atoms. The zero-order valence-corrected chi connectivity index (χ0v) is 57.9. The van der Waals surface area contributed by atoms with E-state index in [0.717, 1.165) is 47.4 Å². The summed E-state index contributed by atoms with van der Waals surface area (Å²) in [5.41, 5.74) is 10.7. The van der Waals surface area contributed by atoms with Crippen LogP contribution in [0.3, 0.4) is 0 Å². The first kappa shape index (κ1) is 72.9. The third-order valence-corrected chi connectivity index (χ3v) is 20.1. The van der Waals surface area contributed by atoms with Crippen molar-refractivity contribution >= 4 is 82.1 Å². The van der Waals surface area contributed by atoms with Gasteiger partial charge < -0.3 is 20.4 Å². The van der Waals surface area contributed by atoms with Gasteiger partial charge in [-0.1, -0.05) is 249 Å². The first-order chi connectivity index (χ1) is 42.2. The molecule has 6 nitrogen and oxygen atoms in total. The Balaban J connectivity index is 0.000000261. The van der Waals surface area contributed by atoms with Crippen molar-refractivity contribution in [2.75, 3.05) is 13.2 Å². The van der Waals surface area contributed by atoms with E-state index in [1.165, 1.54) is 66.9 Å². The van der Waals surface area contributed by atoms with Crippen molar-refractivity contribution in [2.24, 2.45) is 9.98 Å². The normalized spacial score (nSPS) is 12.5. The van der Waals surface area contributed by atoms with Gasteiger partial charge in [-0.25, -0.2) is 0 Å². The van der Waals surface area contributed by atoms with Crippen molar-refractivity contribution < 1.29 is 38.9 Å². The molecule has 1 saturated heterocycles. The minimum Gasteiger partial charge on any atom is -0.661 e. The average Bonchev–Trinajstić information content (AvgIpc) is 4.18. The summed E-state index contributed by atoms with van der Waals surface area (Å²) in [6.07, 6.45) is 6.58. The maximum Gasteiger partial charge on any atom is 1.00 e. The van der Waals surface area contributed by atoms with E-state index in [4.69, 9.17) is 25.4 Å². The van der Waals surface area contributed by atoms with Gasteiger partial charge in [0.2, 0.25) is 0 Å². The summed E-state index contributed by atoms with van der Waals surface area (Å²) in [6.45, 7) is 27.7. The molecule has 9 aromatic rings. The molecule has 1 aliphatic heterocycles. The van der Waals surface area contributed by atoms with Gasteiger partial charge in [0.15, 0.2) is 0 Å². The predicted molar refractivity (Wildman–Crippen MR) is 386 cm³/mol. The van der Waals surface area contributed by atoms with Gasteiger partial charge in [0.1, 0.15) is 31.8 Å². The molecule has 89 heavy (non-hydrogen) atoms. The summed E-state index contributed by atoms with van der Waals surface area (Å²) >= 11 is 0. The summed E-state index contributed by atoms with van der Waals surface area (Å²) < 4.78 is 4.94. The molecule has 0 atom stereocenters. The van der Waals surface area contributed by atoms with Crippen LogP contribution in [-0.4, -0.2) is 29.6 Å². The van der Waals surface area contributed by atoms with Crippen LogP contribution in [0.25, 0.3) is 10.6 Å². The van der Waals surface area contributed by atoms with Crippen molar-refractivity contribution in [3.63, 3.8) is 0 Å². The topological polar surface area (TPSA) is 75.0 Å². The number of allylic oxidation sites excluding steroid dienone is 4. The van der Waals surface area contributed by atoms with Crippen LogP contribution < -0.4 is 31.8 Å². The number of para-hydroxylation sites is 2. The predicted octanol–water partition coefficient (Wildman–Crippen LogP) is 20.1. The van der Waals surface area contributed by atoms with Crippen LogP contribution in [0.5, 0.6) is 0 Å². The Bertz CT molecular complexity index is 3250. The average molecular weight is 1320 g/mol. The molecule has 1 aliphatic rings. The molecule has 10 heteroatoms. The van der Waals surface area contributed by atoms with Gasteiger partial charge in [0.05, 0.1) is 27.3 Å². The van der Waals surface area contributed by atoms with Gasteiger partial charge in [-0.05, 0) is 153 Å². The van der Waals surface area contributed by atoms with Crippen molar-refractivity contribution in [1.82, 2.24) is 4.98 Å². The zero-order chi connectivity index (χ0) is 61.9. The van der Waals surface area contributed by atoms with Gasteiger partial charge >= 0.3 is 34.1 Å². The number of benzene rings is 8. The number of hydrogen-bond acceptors (Lipinski definition) is 4. The molecule has 1 fully saturated rings. The molecule has 0 saturated carbocycles. The summed E-state index contributed by atoms with van der Waals surface area (Å²) in [7, 11) is -1.75. The van der Waals surface area contributed by atoms with Gasteiger partial charge in [-0.3, -0.25) is 9.98 Å². The molecule has 1 aromatic heterocycles. The molecule has 10 rings (SSSR count). The number of nitrogens with zero attached hydrogens (tertiary/aromatic N) is 5. The molecule has 0 radical (unpaired) electrons. The Morgan fingerprint density at radius 3 is 1.00 bits per heavy atom. The molecule has 0 unspecified atom stereocenters. The van der Waals surface area contributed by atoms with Crippen LogP contribution in [0.4, 0.5) is 23.0 Å². The molecule has 468 valence electrons. The van der Waals surface area contributed by atoms with E-state index >= 15 is 0 Å². The monoisotopic (exact) mass is 1310 g/mol. The van der Waals surface area contributed by atoms with Crippen LogP contribution >= 0.6 is 15.8 Å². The number of hydrogen-bond donors (Lipinski definition) is 0. The number of aliphatic imine (C=N–C) groups is 2. The molecule has 8 aromatic carbocycles. The first-order valence-electron chi connectivity index (χ1n) is 30.9. The fourth-order valence-electron chi connectivity index (χ4n) is 10.4. The Morgan fingerprint density at radius 2 is 0.685 bits per heavy atom. The van der Waals surface area contributed by atoms with Crippen LogP contribution in [0.1, 0.15) is 142 Å². The maximum absolute atomic E-state index is 5.05. The Labute approximate surface area is 557 Å². The van der Waals surface area contributed by atoms with Crippen molar-refractivity contribution in [1.29, 1.82) is 0 Å². The van der Waals surface area contributed by atoms with E-state index in [1.54, 1.807) is 0 Å². The molecule has 0 spiro atoms. The van der Waals surface area contributed by atoms with Crippen LogP contribution in [-0.2, 0) is 38.9 Å². The Hall–Kier alpha value is -6.81. The minimum absolute atomic E-state index is 0. The summed E-state index contributed by atoms with van der Waals surface area (Å²) in [4.78, 5) is 14.5. The van der Waals surface area contributed by atoms with E-state index in [1.807, 2.05) is 58.0 Å². The van der Waals surface area contributed by atoms with Gasteiger partial charge in [-0.15, -0.1) is 5.69 Å². The standard InChI is InChI=1S/C39H51N5.2C18H15P.C4H8O.2Cu/c1-24(2)32-16-13-17-33(25(3)4)38(32)42-30(11)22-28(9)40-36-20-15-21-37(44-36)41-29(10)23-31(12)43-39-34(26(5)6)18-14-19-35(39)27(7)8;2*1-4-10-16(11-5-1)19(17-12-6-2-7-13-17)18-14-8-3-9-15-18;1-2-4-5-3-1;;/h13-27H,1-12H3;2*1-15H;1-4H2;;/q-2;;;;2*+1/p+2/b28-22-,31-23-,41-29+,42-30?;;;;;. The summed E-state index contributed by atoms with van der Waals surface area (Å²) in [5, 5.41) is 18.4. The molecule has 2 heterocycles. The quantitative estimate of drug-likeness (QED) is 0.0488. The SMILES string of the molecule is C1CCOC1.CC(/C=C(/C)[N-]c1cccc(/N=C(C)/C=C(/C)[N-]c2c(C(C)C)cccc2C(C)C)n1)=Nc1c(C(C)C)cccc1C(C)C.[Cu+].[Cu+].c1ccc([PH+](c2ccccc2)c2ccccc2)cc1.c1ccc([PH+](c2ccccc2)c2ccccc2)cc1. The van der Waals surface area contributed by atoms with Crippen LogP contribution in [0, 0.1) is 0 Å². The van der Waals surface area contributed by atoms with E-state index in [-0.39, 0.29) is 34.1 Å². The number of rotatable bonds is 18. The minimum atomic E-state index is -0.877. The second-order valence-corrected chi connectivity index (χ2v) is 28.1. The third-order valence-electron chi connectivity index (χ3n) is 14.6. The molecular weight excluding hydrogens is 1220 g/mol. The van der Waals surface area contributed by atoms with Crippen molar-refractivity contribution in [3.8, 4) is 0 Å². The summed E-state index contributed by atoms with van der Waals surface area (Å²) in [6, 6.07) is 83.7. The van der Waals surface area contributed by atoms with Crippen molar-refractivity contribution in [3.05, 3.63) is 293 Å². The van der Waals surface area contributed by atoms with E-state index < -0.39 is 15.8 Å². The third kappa shape index (κ3) is 23.2. The first-order valence-corrected chi connectivity index (χ1v) is 33.9. The molecule has 0 aliphatic carbocycles. The van der Waals surface area contributed by atoms with Gasteiger partial charge in [-0.2, -0.15) is 5.70 Å². The second-order valence-electron chi connectivity index (χ2n) is 23.1. The van der Waals surface area contributed by atoms with E-state index in [9.17, 15) is 0 Å². The molecule has 0 amide bonds. The van der Waals surface area contributed by atoms with E-state index in [2.05, 4.69) is 279 Å². The second kappa shape index (κ2) is 38.7. The van der Waals surface area contributed by atoms with Crippen LogP contribution in [0.15, 0.2) is 270 Å². The largest absolute Gasteiger partial charge is 1.00 e. The smallest absolute Gasteiger partial charge is 0.661 e. The zero-order valence-electron chi connectivity index (χ0n) is 54.1. The Morgan fingerprint density at radius 1 is 0.382 bits per heavy atom. The fraction of sp³-hybridized carbons (Fsp3) is 0.253. The number of ether oxygens (including phenoxy) is 1. The molecule has 0 N–H and O–H groups in total. The number of pyridine rings is 1. The number of aromatic nitrogens is 1. The van der Waals surface area contributed by atoms with Crippen LogP contribution in [0.2, 0.25) is 0 Å². The van der Waals surface area contributed by atoms with Gasteiger partial charge in [0.25, 0.3) is 0 Å². The van der Waals surface area contributed by atoms with Crippen molar-refractivity contribution in [2.45, 2.75) is 120 Å². The summed E-state index contributed by atoms with van der Waals surface area (Å²) in [5.74, 6) is 2.81. The Kier molecular flexibility index (Phi) is 31.7. The van der Waals surface area contributed by atoms with Gasteiger partial charge in [0, 0.05) is 24.6 Å².